The average Bonchev–Trinajstić information content (AvgIpc) is 2.05. The van der Waals surface area contributed by atoms with Gasteiger partial charge in [-0.1, -0.05) is 13.8 Å². The highest BCUT2D eigenvalue weighted by Gasteiger charge is 2.02. The van der Waals surface area contributed by atoms with Gasteiger partial charge in [-0.05, 0) is 19.9 Å². The summed E-state index contributed by atoms with van der Waals surface area (Å²) in [5.41, 5.74) is 0. The first-order valence-electron chi connectivity index (χ1n) is 4.25. The SMILES string of the molecule is CCCOC(NC)OCCC. The van der Waals surface area contributed by atoms with E-state index in [2.05, 4.69) is 19.2 Å². The molecule has 0 saturated heterocycles. The Kier molecular flexibility index (Phi) is 7.89. The second-order valence-electron chi connectivity index (χ2n) is 2.36. The van der Waals surface area contributed by atoms with E-state index in [9.17, 15) is 0 Å². The first-order chi connectivity index (χ1) is 5.35. The lowest BCUT2D eigenvalue weighted by Gasteiger charge is -2.16. The van der Waals surface area contributed by atoms with Gasteiger partial charge in [-0.25, -0.2) is 0 Å². The van der Waals surface area contributed by atoms with Gasteiger partial charge in [0, 0.05) is 0 Å². The molecule has 0 bridgehead atoms. The second-order valence-corrected chi connectivity index (χ2v) is 2.36. The number of hydrogen-bond acceptors (Lipinski definition) is 3. The van der Waals surface area contributed by atoms with E-state index < -0.39 is 0 Å². The monoisotopic (exact) mass is 161 g/mol. The Morgan fingerprint density at radius 2 is 1.55 bits per heavy atom. The molecule has 0 rings (SSSR count). The average molecular weight is 161 g/mol. The third-order valence-electron chi connectivity index (χ3n) is 1.18. The minimum Gasteiger partial charge on any atom is -0.340 e. The quantitative estimate of drug-likeness (QED) is 0.572. The lowest BCUT2D eigenvalue weighted by atomic mass is 10.5. The van der Waals surface area contributed by atoms with E-state index in [1.54, 1.807) is 0 Å². The Balaban J connectivity index is 3.25. The smallest absolute Gasteiger partial charge is 0.215 e. The fraction of sp³-hybridized carbons (Fsp3) is 1.00. The molecule has 0 aromatic heterocycles. The fourth-order valence-electron chi connectivity index (χ4n) is 0.665. The zero-order chi connectivity index (χ0) is 8.53. The zero-order valence-corrected chi connectivity index (χ0v) is 7.72. The summed E-state index contributed by atoms with van der Waals surface area (Å²) in [5, 5.41) is 2.93. The van der Waals surface area contributed by atoms with Crippen LogP contribution in [0.4, 0.5) is 0 Å². The molecule has 3 nitrogen and oxygen atoms in total. The Morgan fingerprint density at radius 3 is 1.82 bits per heavy atom. The minimum atomic E-state index is -0.227. The number of nitrogens with one attached hydrogen (secondary N) is 1. The maximum absolute atomic E-state index is 5.31. The summed E-state index contributed by atoms with van der Waals surface area (Å²) in [4.78, 5) is 0. The summed E-state index contributed by atoms with van der Waals surface area (Å²) in [6.07, 6.45) is 1.82. The molecule has 0 spiro atoms. The summed E-state index contributed by atoms with van der Waals surface area (Å²) in [7, 11) is 1.83. The van der Waals surface area contributed by atoms with Gasteiger partial charge in [0.05, 0.1) is 13.2 Å². The van der Waals surface area contributed by atoms with Gasteiger partial charge in [0.1, 0.15) is 0 Å². The molecule has 0 atom stereocenters. The standard InChI is InChI=1S/C8H19NO2/c1-4-6-10-8(9-3)11-7-5-2/h8-9H,4-7H2,1-3H3. The molecule has 0 aliphatic rings. The summed E-state index contributed by atoms with van der Waals surface area (Å²) in [6.45, 7) is 5.64. The van der Waals surface area contributed by atoms with Crippen LogP contribution in [0.2, 0.25) is 0 Å². The Bertz CT molecular complexity index is 70.5. The van der Waals surface area contributed by atoms with Gasteiger partial charge in [0.2, 0.25) is 6.41 Å². The molecule has 0 amide bonds. The van der Waals surface area contributed by atoms with Crippen molar-refractivity contribution in [2.24, 2.45) is 0 Å². The van der Waals surface area contributed by atoms with Crippen LogP contribution >= 0.6 is 0 Å². The summed E-state index contributed by atoms with van der Waals surface area (Å²) in [6, 6.07) is 0. The minimum absolute atomic E-state index is 0.227. The predicted molar refractivity (Wildman–Crippen MR) is 45.3 cm³/mol. The van der Waals surface area contributed by atoms with Crippen LogP contribution in [0, 0.1) is 0 Å². The van der Waals surface area contributed by atoms with Crippen LogP contribution in [0.25, 0.3) is 0 Å². The molecule has 68 valence electrons. The molecule has 0 radical (unpaired) electrons. The van der Waals surface area contributed by atoms with E-state index in [1.807, 2.05) is 7.05 Å². The van der Waals surface area contributed by atoms with E-state index >= 15 is 0 Å². The fourth-order valence-corrected chi connectivity index (χ4v) is 0.665. The zero-order valence-electron chi connectivity index (χ0n) is 7.72. The first kappa shape index (κ1) is 10.9. The number of rotatable bonds is 7. The molecular weight excluding hydrogens is 142 g/mol. The molecule has 11 heavy (non-hydrogen) atoms. The van der Waals surface area contributed by atoms with Gasteiger partial charge in [0.15, 0.2) is 0 Å². The van der Waals surface area contributed by atoms with E-state index in [1.165, 1.54) is 0 Å². The molecule has 3 heteroatoms. The Morgan fingerprint density at radius 1 is 1.09 bits per heavy atom. The predicted octanol–water partition coefficient (Wildman–Crippen LogP) is 1.34. The summed E-state index contributed by atoms with van der Waals surface area (Å²) in [5.74, 6) is 0. The third kappa shape index (κ3) is 6.28. The van der Waals surface area contributed by atoms with Crippen LogP contribution in [0.3, 0.4) is 0 Å². The number of ether oxygens (including phenoxy) is 2. The van der Waals surface area contributed by atoms with Gasteiger partial charge in [0.25, 0.3) is 0 Å². The lowest BCUT2D eigenvalue weighted by molar-refractivity contribution is -0.157. The van der Waals surface area contributed by atoms with Gasteiger partial charge < -0.3 is 9.47 Å². The van der Waals surface area contributed by atoms with Crippen LogP contribution in [-0.4, -0.2) is 26.7 Å². The molecule has 0 aromatic carbocycles. The van der Waals surface area contributed by atoms with Crippen LogP contribution in [0.5, 0.6) is 0 Å². The van der Waals surface area contributed by atoms with Gasteiger partial charge in [-0.2, -0.15) is 0 Å². The molecule has 0 aliphatic carbocycles. The maximum atomic E-state index is 5.31. The van der Waals surface area contributed by atoms with Crippen LogP contribution in [0.15, 0.2) is 0 Å². The third-order valence-corrected chi connectivity index (χ3v) is 1.18. The van der Waals surface area contributed by atoms with Crippen molar-refractivity contribution < 1.29 is 9.47 Å². The van der Waals surface area contributed by atoms with Gasteiger partial charge in [-0.15, -0.1) is 0 Å². The van der Waals surface area contributed by atoms with Crippen molar-refractivity contribution in [3.63, 3.8) is 0 Å². The molecule has 0 fully saturated rings. The maximum Gasteiger partial charge on any atom is 0.215 e. The lowest BCUT2D eigenvalue weighted by Crippen LogP contribution is -2.31. The van der Waals surface area contributed by atoms with Gasteiger partial charge in [-0.3, -0.25) is 5.32 Å². The van der Waals surface area contributed by atoms with Crippen LogP contribution in [-0.2, 0) is 9.47 Å². The van der Waals surface area contributed by atoms with Crippen molar-refractivity contribution in [3.05, 3.63) is 0 Å². The molecule has 0 unspecified atom stereocenters. The van der Waals surface area contributed by atoms with Crippen molar-refractivity contribution >= 4 is 0 Å². The van der Waals surface area contributed by atoms with Gasteiger partial charge >= 0.3 is 0 Å². The van der Waals surface area contributed by atoms with E-state index in [0.717, 1.165) is 26.1 Å². The molecular formula is C8H19NO2. The second kappa shape index (κ2) is 7.98. The van der Waals surface area contributed by atoms with Crippen LogP contribution in [0.1, 0.15) is 26.7 Å². The topological polar surface area (TPSA) is 30.5 Å². The highest BCUT2D eigenvalue weighted by molar-refractivity contribution is 4.36. The molecule has 0 aliphatic heterocycles. The highest BCUT2D eigenvalue weighted by atomic mass is 16.7. The summed E-state index contributed by atoms with van der Waals surface area (Å²) < 4.78 is 10.6. The normalized spacial score (nSPS) is 10.9. The van der Waals surface area contributed by atoms with Crippen LogP contribution < -0.4 is 5.32 Å². The Labute approximate surface area is 69.1 Å². The van der Waals surface area contributed by atoms with E-state index in [0.29, 0.717) is 0 Å². The molecule has 0 aromatic rings. The Hall–Kier alpha value is -0.120. The van der Waals surface area contributed by atoms with Crippen molar-refractivity contribution in [2.45, 2.75) is 33.1 Å². The largest absolute Gasteiger partial charge is 0.340 e. The highest BCUT2D eigenvalue weighted by Crippen LogP contribution is 1.92. The van der Waals surface area contributed by atoms with Crippen molar-refractivity contribution in [1.82, 2.24) is 5.32 Å². The first-order valence-corrected chi connectivity index (χ1v) is 4.25. The number of hydrogen-bond donors (Lipinski definition) is 1. The molecule has 0 heterocycles. The molecule has 1 N–H and O–H groups in total. The summed E-state index contributed by atoms with van der Waals surface area (Å²) >= 11 is 0. The van der Waals surface area contributed by atoms with Crippen molar-refractivity contribution in [1.29, 1.82) is 0 Å². The molecule has 0 saturated carbocycles. The van der Waals surface area contributed by atoms with Crippen molar-refractivity contribution in [2.75, 3.05) is 20.3 Å². The van der Waals surface area contributed by atoms with Crippen molar-refractivity contribution in [3.8, 4) is 0 Å². The van der Waals surface area contributed by atoms with E-state index in [-0.39, 0.29) is 6.41 Å². The van der Waals surface area contributed by atoms with E-state index in [4.69, 9.17) is 9.47 Å².